The molecule has 0 N–H and O–H groups in total. The topological polar surface area (TPSA) is 109 Å². The average molecular weight is 572 g/mol. The van der Waals surface area contributed by atoms with E-state index >= 15 is 0 Å². The van der Waals surface area contributed by atoms with Gasteiger partial charge in [0.1, 0.15) is 6.54 Å². The van der Waals surface area contributed by atoms with Crippen LogP contribution in [-0.4, -0.2) is 37.9 Å². The van der Waals surface area contributed by atoms with Gasteiger partial charge in [-0.25, -0.2) is 8.42 Å². The molecule has 0 saturated heterocycles. The Morgan fingerprint density at radius 1 is 1.00 bits per heavy atom. The van der Waals surface area contributed by atoms with Crippen LogP contribution in [0.25, 0.3) is 10.9 Å². The highest BCUT2D eigenvalue weighted by molar-refractivity contribution is 7.93. The van der Waals surface area contributed by atoms with Gasteiger partial charge in [0.15, 0.2) is 5.78 Å². The van der Waals surface area contributed by atoms with Crippen molar-refractivity contribution in [2.24, 2.45) is 7.05 Å². The third-order valence-electron chi connectivity index (χ3n) is 7.02. The lowest BCUT2D eigenvalue weighted by molar-refractivity contribution is -0.141. The predicted octanol–water partition coefficient (Wildman–Crippen LogP) is 5.55. The van der Waals surface area contributed by atoms with Crippen LogP contribution in [0.5, 0.6) is 0 Å². The van der Waals surface area contributed by atoms with E-state index in [1.54, 1.807) is 69.4 Å². The number of carbonyl (C=O) groups is 2. The summed E-state index contributed by atoms with van der Waals surface area (Å²) in [4.78, 5) is 26.1. The van der Waals surface area contributed by atoms with Gasteiger partial charge in [-0.1, -0.05) is 29.8 Å². The van der Waals surface area contributed by atoms with Gasteiger partial charge in [0.25, 0.3) is 10.0 Å². The summed E-state index contributed by atoms with van der Waals surface area (Å²) in [5.41, 5.74) is 5.07. The second kappa shape index (κ2) is 12.0. The maximum Gasteiger partial charge on any atom is 0.326 e. The Labute approximate surface area is 240 Å². The number of nitriles is 1. The molecule has 41 heavy (non-hydrogen) atoms. The molecule has 0 atom stereocenters. The number of benzene rings is 3. The monoisotopic (exact) mass is 571 g/mol. The number of carbonyl (C=O) groups excluding carboxylic acids is 2. The Morgan fingerprint density at radius 2 is 1.66 bits per heavy atom. The fraction of sp³-hybridized carbons (Fsp3) is 0.281. The van der Waals surface area contributed by atoms with Crippen LogP contribution >= 0.6 is 0 Å². The minimum atomic E-state index is -4.17. The lowest BCUT2D eigenvalue weighted by atomic mass is 10.0. The molecule has 0 bridgehead atoms. The lowest BCUT2D eigenvalue weighted by Gasteiger charge is -2.26. The highest BCUT2D eigenvalue weighted by Gasteiger charge is 2.31. The van der Waals surface area contributed by atoms with Crippen molar-refractivity contribution < 1.29 is 22.7 Å². The minimum Gasteiger partial charge on any atom is -0.465 e. The molecular weight excluding hydrogens is 538 g/mol. The number of ketones is 1. The zero-order chi connectivity index (χ0) is 29.9. The van der Waals surface area contributed by atoms with Gasteiger partial charge in [-0.3, -0.25) is 13.9 Å². The SMILES string of the molecule is CCOC(=O)CN(c1ccc2c(c1)c(C(=O)CCc1ccc(C#N)cc1)cn2C)S(=O)(=O)c1c(C)cc(C)cc1C. The standard InChI is InChI=1S/C32H33N3O5S/c1-6-40-31(37)20-35(41(38,39)32-22(3)15-21(2)16-23(32)4)26-12-13-29-27(17-26)28(19-34(29)5)30(36)14-11-24-7-9-25(18-33)10-8-24/h7-10,12-13,15-17,19H,6,11,14,20H2,1-5H3. The summed E-state index contributed by atoms with van der Waals surface area (Å²) in [7, 11) is -2.35. The van der Waals surface area contributed by atoms with Gasteiger partial charge in [0.2, 0.25) is 0 Å². The van der Waals surface area contributed by atoms with Gasteiger partial charge in [-0.05, 0) is 81.1 Å². The molecule has 0 spiro atoms. The van der Waals surface area contributed by atoms with Crippen molar-refractivity contribution in [3.63, 3.8) is 0 Å². The highest BCUT2D eigenvalue weighted by Crippen LogP contribution is 2.33. The highest BCUT2D eigenvalue weighted by atomic mass is 32.2. The van der Waals surface area contributed by atoms with Crippen molar-refractivity contribution in [3.05, 3.63) is 94.2 Å². The van der Waals surface area contributed by atoms with Gasteiger partial charge >= 0.3 is 5.97 Å². The lowest BCUT2D eigenvalue weighted by Crippen LogP contribution is -2.37. The molecule has 0 radical (unpaired) electrons. The quantitative estimate of drug-likeness (QED) is 0.182. The van der Waals surface area contributed by atoms with Crippen LogP contribution < -0.4 is 4.31 Å². The van der Waals surface area contributed by atoms with Gasteiger partial charge in [0.05, 0.1) is 28.8 Å². The molecule has 3 aromatic carbocycles. The van der Waals surface area contributed by atoms with Gasteiger partial charge in [-0.2, -0.15) is 5.26 Å². The third kappa shape index (κ3) is 6.18. The molecule has 0 aliphatic heterocycles. The van der Waals surface area contributed by atoms with Crippen LogP contribution in [-0.2, 0) is 33.0 Å². The fourth-order valence-corrected chi connectivity index (χ4v) is 7.04. The molecule has 4 rings (SSSR count). The fourth-order valence-electron chi connectivity index (χ4n) is 5.22. The summed E-state index contributed by atoms with van der Waals surface area (Å²) < 4.78 is 36.2. The van der Waals surface area contributed by atoms with Crippen LogP contribution in [0.2, 0.25) is 0 Å². The molecule has 0 saturated carbocycles. The van der Waals surface area contributed by atoms with Crippen LogP contribution in [0.3, 0.4) is 0 Å². The second-order valence-electron chi connectivity index (χ2n) is 10.1. The normalized spacial score (nSPS) is 11.3. The summed E-state index contributed by atoms with van der Waals surface area (Å²) in [5, 5.41) is 9.61. The van der Waals surface area contributed by atoms with E-state index in [4.69, 9.17) is 10.00 Å². The zero-order valence-corrected chi connectivity index (χ0v) is 24.7. The minimum absolute atomic E-state index is 0.0952. The number of aromatic nitrogens is 1. The van der Waals surface area contributed by atoms with E-state index in [2.05, 4.69) is 6.07 Å². The number of Topliss-reactive ketones (excluding diaryl/α,β-unsaturated/α-hetero) is 1. The molecule has 0 amide bonds. The maximum absolute atomic E-state index is 14.1. The second-order valence-corrected chi connectivity index (χ2v) is 11.9. The Bertz CT molecular complexity index is 1760. The van der Waals surface area contributed by atoms with Crippen LogP contribution in [0.4, 0.5) is 5.69 Å². The van der Waals surface area contributed by atoms with Crippen molar-refractivity contribution in [1.29, 1.82) is 5.26 Å². The first-order valence-corrected chi connectivity index (χ1v) is 14.8. The van der Waals surface area contributed by atoms with Gasteiger partial charge in [0, 0.05) is 36.1 Å². The molecule has 9 heteroatoms. The first-order chi connectivity index (χ1) is 19.5. The maximum atomic E-state index is 14.1. The summed E-state index contributed by atoms with van der Waals surface area (Å²) in [5.74, 6) is -0.771. The van der Waals surface area contributed by atoms with Crippen LogP contribution in [0.15, 0.2) is 65.7 Å². The summed E-state index contributed by atoms with van der Waals surface area (Å²) in [6.07, 6.45) is 2.48. The Kier molecular flexibility index (Phi) is 8.64. The Morgan fingerprint density at radius 3 is 2.27 bits per heavy atom. The number of hydrogen-bond donors (Lipinski definition) is 0. The number of anilines is 1. The molecule has 0 aliphatic carbocycles. The van der Waals surface area contributed by atoms with E-state index < -0.39 is 22.5 Å². The van der Waals surface area contributed by atoms with E-state index in [0.29, 0.717) is 34.1 Å². The van der Waals surface area contributed by atoms with E-state index in [1.165, 1.54) is 0 Å². The van der Waals surface area contributed by atoms with E-state index in [-0.39, 0.29) is 29.4 Å². The molecule has 1 aromatic heterocycles. The molecule has 0 unspecified atom stereocenters. The third-order valence-corrected chi connectivity index (χ3v) is 9.10. The average Bonchev–Trinajstić information content (AvgIpc) is 3.25. The molecule has 1 heterocycles. The first-order valence-electron chi connectivity index (χ1n) is 13.3. The van der Waals surface area contributed by atoms with Gasteiger partial charge in [-0.15, -0.1) is 0 Å². The molecular formula is C32H33N3O5S. The van der Waals surface area contributed by atoms with Crippen LogP contribution in [0.1, 0.15) is 51.5 Å². The molecule has 212 valence electrons. The van der Waals surface area contributed by atoms with E-state index in [1.807, 2.05) is 30.7 Å². The van der Waals surface area contributed by atoms with Crippen molar-refractivity contribution in [2.45, 2.75) is 45.4 Å². The molecule has 8 nitrogen and oxygen atoms in total. The first kappa shape index (κ1) is 29.6. The summed E-state index contributed by atoms with van der Waals surface area (Å²) >= 11 is 0. The van der Waals surface area contributed by atoms with Crippen molar-refractivity contribution in [1.82, 2.24) is 4.57 Å². The summed E-state index contributed by atoms with van der Waals surface area (Å²) in [6.45, 7) is 6.64. The van der Waals surface area contributed by atoms with Crippen molar-refractivity contribution >= 4 is 38.4 Å². The smallest absolute Gasteiger partial charge is 0.326 e. The number of ether oxygens (including phenoxy) is 1. The number of hydrogen-bond acceptors (Lipinski definition) is 6. The van der Waals surface area contributed by atoms with Gasteiger partial charge < -0.3 is 9.30 Å². The summed E-state index contributed by atoms with van der Waals surface area (Å²) in [6, 6.07) is 17.8. The van der Waals surface area contributed by atoms with E-state index in [9.17, 15) is 18.0 Å². The number of aryl methyl sites for hydroxylation is 5. The Hall–Kier alpha value is -4.42. The molecule has 0 aliphatic rings. The van der Waals surface area contributed by atoms with Crippen LogP contribution in [0, 0.1) is 32.1 Å². The molecule has 4 aromatic rings. The van der Waals surface area contributed by atoms with Crippen molar-refractivity contribution in [2.75, 3.05) is 17.5 Å². The number of sulfonamides is 1. The number of rotatable bonds is 10. The number of nitrogens with zero attached hydrogens (tertiary/aromatic N) is 3. The molecule has 0 fully saturated rings. The largest absolute Gasteiger partial charge is 0.465 e. The number of esters is 1. The number of fused-ring (bicyclic) bond motifs is 1. The predicted molar refractivity (Wildman–Crippen MR) is 159 cm³/mol. The van der Waals surface area contributed by atoms with Crippen molar-refractivity contribution in [3.8, 4) is 6.07 Å². The Balaban J connectivity index is 1.76. The zero-order valence-electron chi connectivity index (χ0n) is 23.9. The van der Waals surface area contributed by atoms with E-state index in [0.717, 1.165) is 20.9 Å².